The van der Waals surface area contributed by atoms with Crippen molar-refractivity contribution in [3.05, 3.63) is 193 Å². The summed E-state index contributed by atoms with van der Waals surface area (Å²) in [7, 11) is 0. The minimum absolute atomic E-state index is 0.660. The smallest absolute Gasteiger partial charge is 0.235 e. The van der Waals surface area contributed by atoms with Crippen LogP contribution in [0, 0.1) is 0 Å². The van der Waals surface area contributed by atoms with Crippen LogP contribution in [0.25, 0.3) is 110 Å². The Morgan fingerprint density at radius 3 is 1.89 bits per heavy atom. The van der Waals surface area contributed by atoms with Gasteiger partial charge in [-0.05, 0) is 46.8 Å². The maximum atomic E-state index is 5.50. The van der Waals surface area contributed by atoms with Crippen molar-refractivity contribution in [3.8, 4) is 45.1 Å². The standard InChI is InChI=1S/C52H32N4S/c1-4-15-33(16-5-1)44-32-57-51-47(35-18-6-2-7-19-35)53-52(54-48(44)51)56-46-30-28-36(31-43(46)42-29-27-34-17-10-11-22-38(34)50(42)56)39-24-14-25-41-40-23-12-13-26-45(40)55(49(39)41)37-20-8-3-9-21-37/h1-32H. The van der Waals surface area contributed by atoms with Gasteiger partial charge in [-0.15, -0.1) is 11.3 Å². The molecular formula is C52H32N4S. The zero-order chi connectivity index (χ0) is 37.5. The van der Waals surface area contributed by atoms with Crippen LogP contribution in [0.4, 0.5) is 0 Å². The van der Waals surface area contributed by atoms with Gasteiger partial charge in [-0.25, -0.2) is 9.97 Å². The highest BCUT2D eigenvalue weighted by Crippen LogP contribution is 2.43. The first-order chi connectivity index (χ1) is 28.3. The topological polar surface area (TPSA) is 35.6 Å². The molecule has 4 heterocycles. The maximum Gasteiger partial charge on any atom is 0.235 e. The van der Waals surface area contributed by atoms with Gasteiger partial charge in [0.05, 0.1) is 38.0 Å². The molecule has 4 aromatic heterocycles. The van der Waals surface area contributed by atoms with E-state index >= 15 is 0 Å². The van der Waals surface area contributed by atoms with E-state index in [1.807, 2.05) is 0 Å². The van der Waals surface area contributed by atoms with Crippen LogP contribution in [-0.4, -0.2) is 19.1 Å². The van der Waals surface area contributed by atoms with E-state index in [0.717, 1.165) is 65.7 Å². The predicted molar refractivity (Wildman–Crippen MR) is 240 cm³/mol. The molecular weight excluding hydrogens is 713 g/mol. The molecule has 12 aromatic rings. The third-order valence-electron chi connectivity index (χ3n) is 11.4. The Kier molecular flexibility index (Phi) is 7.06. The molecule has 0 aliphatic rings. The summed E-state index contributed by atoms with van der Waals surface area (Å²) in [5, 5.41) is 9.38. The summed E-state index contributed by atoms with van der Waals surface area (Å²) in [5.74, 6) is 0.660. The van der Waals surface area contributed by atoms with Gasteiger partial charge in [0.25, 0.3) is 0 Å². The highest BCUT2D eigenvalue weighted by Gasteiger charge is 2.23. The van der Waals surface area contributed by atoms with E-state index in [2.05, 4.69) is 203 Å². The highest BCUT2D eigenvalue weighted by molar-refractivity contribution is 7.18. The molecule has 0 amide bonds. The highest BCUT2D eigenvalue weighted by atomic mass is 32.1. The molecule has 0 radical (unpaired) electrons. The summed E-state index contributed by atoms with van der Waals surface area (Å²) in [6.45, 7) is 0. The number of rotatable bonds is 5. The van der Waals surface area contributed by atoms with Crippen molar-refractivity contribution >= 4 is 75.9 Å². The van der Waals surface area contributed by atoms with Crippen molar-refractivity contribution in [2.24, 2.45) is 0 Å². The quantitative estimate of drug-likeness (QED) is 0.176. The van der Waals surface area contributed by atoms with Crippen LogP contribution in [0.2, 0.25) is 0 Å². The first-order valence-electron chi connectivity index (χ1n) is 19.2. The summed E-state index contributed by atoms with van der Waals surface area (Å²) in [6, 6.07) is 67.4. The minimum Gasteiger partial charge on any atom is -0.309 e. The van der Waals surface area contributed by atoms with E-state index in [1.54, 1.807) is 11.3 Å². The van der Waals surface area contributed by atoms with Gasteiger partial charge in [-0.3, -0.25) is 4.57 Å². The molecule has 8 aromatic carbocycles. The maximum absolute atomic E-state index is 5.50. The molecule has 12 rings (SSSR count). The lowest BCUT2D eigenvalue weighted by Gasteiger charge is -2.13. The molecule has 5 heteroatoms. The lowest BCUT2D eigenvalue weighted by Crippen LogP contribution is -2.03. The Hall–Kier alpha value is -7.34. The molecule has 0 saturated heterocycles. The number of nitrogens with zero attached hydrogens (tertiary/aromatic N) is 4. The molecule has 0 atom stereocenters. The second kappa shape index (κ2) is 12.6. The zero-order valence-electron chi connectivity index (χ0n) is 30.7. The van der Waals surface area contributed by atoms with Crippen LogP contribution in [0.1, 0.15) is 0 Å². The lowest BCUT2D eigenvalue weighted by atomic mass is 9.99. The van der Waals surface area contributed by atoms with Crippen molar-refractivity contribution in [3.63, 3.8) is 0 Å². The third-order valence-corrected chi connectivity index (χ3v) is 12.4. The van der Waals surface area contributed by atoms with Crippen LogP contribution >= 0.6 is 11.3 Å². The van der Waals surface area contributed by atoms with Gasteiger partial charge >= 0.3 is 0 Å². The first-order valence-corrected chi connectivity index (χ1v) is 20.1. The molecule has 0 N–H and O–H groups in total. The summed E-state index contributed by atoms with van der Waals surface area (Å²) < 4.78 is 5.80. The number of thiophene rings is 1. The van der Waals surface area contributed by atoms with E-state index in [-0.39, 0.29) is 0 Å². The van der Waals surface area contributed by atoms with Crippen molar-refractivity contribution in [2.45, 2.75) is 0 Å². The molecule has 0 fully saturated rings. The van der Waals surface area contributed by atoms with Crippen molar-refractivity contribution in [1.82, 2.24) is 19.1 Å². The van der Waals surface area contributed by atoms with Gasteiger partial charge < -0.3 is 4.57 Å². The molecule has 0 aliphatic carbocycles. The van der Waals surface area contributed by atoms with E-state index in [4.69, 9.17) is 9.97 Å². The molecule has 0 saturated carbocycles. The number of hydrogen-bond donors (Lipinski definition) is 0. The molecule has 0 bridgehead atoms. The van der Waals surface area contributed by atoms with E-state index < -0.39 is 0 Å². The van der Waals surface area contributed by atoms with Gasteiger partial charge in [0.15, 0.2) is 0 Å². The van der Waals surface area contributed by atoms with Crippen molar-refractivity contribution < 1.29 is 0 Å². The van der Waals surface area contributed by atoms with Crippen LogP contribution in [-0.2, 0) is 0 Å². The fraction of sp³-hybridized carbons (Fsp3) is 0. The number of benzene rings is 8. The summed E-state index contributed by atoms with van der Waals surface area (Å²) in [6.07, 6.45) is 0. The van der Waals surface area contributed by atoms with Gasteiger partial charge in [0.1, 0.15) is 0 Å². The molecule has 0 unspecified atom stereocenters. The number of para-hydroxylation sites is 3. The Morgan fingerprint density at radius 2 is 1.07 bits per heavy atom. The van der Waals surface area contributed by atoms with Gasteiger partial charge in [-0.2, -0.15) is 0 Å². The third kappa shape index (κ3) is 4.86. The molecule has 0 spiro atoms. The van der Waals surface area contributed by atoms with Crippen LogP contribution in [0.15, 0.2) is 193 Å². The first kappa shape index (κ1) is 32.0. The molecule has 0 aliphatic heterocycles. The second-order valence-corrected chi connectivity index (χ2v) is 15.5. The Bertz CT molecular complexity index is 3510. The molecule has 57 heavy (non-hydrogen) atoms. The normalized spacial score (nSPS) is 11.9. The summed E-state index contributed by atoms with van der Waals surface area (Å²) in [4.78, 5) is 11.0. The van der Waals surface area contributed by atoms with Gasteiger partial charge in [-0.1, -0.05) is 158 Å². The van der Waals surface area contributed by atoms with Gasteiger partial charge in [0.2, 0.25) is 5.95 Å². The van der Waals surface area contributed by atoms with E-state index in [1.165, 1.54) is 38.1 Å². The summed E-state index contributed by atoms with van der Waals surface area (Å²) in [5.41, 5.74) is 13.3. The Balaban J connectivity index is 1.17. The van der Waals surface area contributed by atoms with Crippen LogP contribution in [0.5, 0.6) is 0 Å². The van der Waals surface area contributed by atoms with Gasteiger partial charge in [0, 0.05) is 54.7 Å². The second-order valence-electron chi connectivity index (χ2n) is 14.6. The number of aromatic nitrogens is 4. The van der Waals surface area contributed by atoms with Crippen molar-refractivity contribution in [1.29, 1.82) is 0 Å². The van der Waals surface area contributed by atoms with Crippen LogP contribution < -0.4 is 0 Å². The fourth-order valence-electron chi connectivity index (χ4n) is 8.87. The van der Waals surface area contributed by atoms with Crippen LogP contribution in [0.3, 0.4) is 0 Å². The predicted octanol–water partition coefficient (Wildman–Crippen LogP) is 14.0. The summed E-state index contributed by atoms with van der Waals surface area (Å²) >= 11 is 1.71. The zero-order valence-corrected chi connectivity index (χ0v) is 31.5. The van der Waals surface area contributed by atoms with E-state index in [9.17, 15) is 0 Å². The minimum atomic E-state index is 0.660. The fourth-order valence-corrected chi connectivity index (χ4v) is 9.90. The average molecular weight is 745 g/mol. The van der Waals surface area contributed by atoms with Crippen molar-refractivity contribution in [2.75, 3.05) is 0 Å². The monoisotopic (exact) mass is 744 g/mol. The average Bonchev–Trinajstić information content (AvgIpc) is 3.97. The van der Waals surface area contributed by atoms with E-state index in [0.29, 0.717) is 5.95 Å². The molecule has 4 nitrogen and oxygen atoms in total. The Morgan fingerprint density at radius 1 is 0.404 bits per heavy atom. The largest absolute Gasteiger partial charge is 0.309 e. The SMILES string of the molecule is c1ccc(-c2csc3c(-c4ccccc4)nc(-n4c5ccc(-c6cccc7c8ccccc8n(-c8ccccc8)c67)cc5c5ccc6ccccc6c54)nc23)cc1. The molecule has 266 valence electrons. The Labute approximate surface area is 332 Å². The number of fused-ring (bicyclic) bond motifs is 9. The number of hydrogen-bond acceptors (Lipinski definition) is 3. The lowest BCUT2D eigenvalue weighted by molar-refractivity contribution is 1.02.